The highest BCUT2D eigenvalue weighted by molar-refractivity contribution is 5.31. The molecule has 1 saturated heterocycles. The summed E-state index contributed by atoms with van der Waals surface area (Å²) in [4.78, 5) is 2.56. The molecule has 7 rings (SSSR count). The molecule has 3 fully saturated rings. The summed E-state index contributed by atoms with van der Waals surface area (Å²) in [5, 5.41) is 10.6. The predicted octanol–water partition coefficient (Wildman–Crippen LogP) is 6.90. The van der Waals surface area contributed by atoms with Gasteiger partial charge in [-0.05, 0) is 83.5 Å². The first-order valence-corrected chi connectivity index (χ1v) is 16.4. The maximum Gasteiger partial charge on any atom is 0.159 e. The van der Waals surface area contributed by atoms with Crippen LogP contribution >= 0.6 is 0 Å². The molecule has 2 aliphatic carbocycles. The normalized spacial score (nSPS) is 23.6. The molecule has 4 aromatic rings. The minimum Gasteiger partial charge on any atom is -0.315 e. The zero-order valence-corrected chi connectivity index (χ0v) is 25.8. The van der Waals surface area contributed by atoms with Gasteiger partial charge in [0.2, 0.25) is 0 Å². The van der Waals surface area contributed by atoms with Crippen LogP contribution in [0.15, 0.2) is 84.9 Å². The van der Waals surface area contributed by atoms with E-state index in [1.165, 1.54) is 46.5 Å². The van der Waals surface area contributed by atoms with Gasteiger partial charge in [0.25, 0.3) is 0 Å². The van der Waals surface area contributed by atoms with Crippen molar-refractivity contribution in [2.45, 2.75) is 75.4 Å². The van der Waals surface area contributed by atoms with Gasteiger partial charge < -0.3 is 16.0 Å². The highest BCUT2D eigenvalue weighted by Gasteiger charge is 2.39. The van der Waals surface area contributed by atoms with E-state index in [-0.39, 0.29) is 23.9 Å². The van der Waals surface area contributed by atoms with Crippen molar-refractivity contribution in [3.63, 3.8) is 0 Å². The third-order valence-electron chi connectivity index (χ3n) is 9.83. The molecule has 0 amide bonds. The van der Waals surface area contributed by atoms with E-state index in [0.717, 1.165) is 69.7 Å². The van der Waals surface area contributed by atoms with Gasteiger partial charge in [0.1, 0.15) is 0 Å². The maximum atomic E-state index is 13.6. The average Bonchev–Trinajstić information content (AvgIpc) is 3.97. The summed E-state index contributed by atoms with van der Waals surface area (Å²) in [6.07, 6.45) is 3.00. The molecule has 240 valence electrons. The fraction of sp³-hybridized carbons (Fsp3) is 0.368. The molecular formula is C38H40F4N4. The van der Waals surface area contributed by atoms with Crippen molar-refractivity contribution >= 4 is 0 Å². The molecule has 8 heteroatoms. The predicted molar refractivity (Wildman–Crippen MR) is 172 cm³/mol. The summed E-state index contributed by atoms with van der Waals surface area (Å²) >= 11 is 0. The molecule has 46 heavy (non-hydrogen) atoms. The average molecular weight is 629 g/mol. The quantitative estimate of drug-likeness (QED) is 0.141. The van der Waals surface area contributed by atoms with Crippen LogP contribution in [-0.4, -0.2) is 36.1 Å². The second kappa shape index (κ2) is 13.7. The van der Waals surface area contributed by atoms with E-state index in [4.69, 9.17) is 0 Å². The van der Waals surface area contributed by atoms with E-state index in [2.05, 4.69) is 69.4 Å². The van der Waals surface area contributed by atoms with Gasteiger partial charge in [-0.15, -0.1) is 0 Å². The van der Waals surface area contributed by atoms with Gasteiger partial charge in [-0.1, -0.05) is 60.7 Å². The lowest BCUT2D eigenvalue weighted by molar-refractivity contribution is 0.190. The Morgan fingerprint density at radius 1 is 0.587 bits per heavy atom. The first-order valence-electron chi connectivity index (χ1n) is 16.4. The van der Waals surface area contributed by atoms with E-state index in [0.29, 0.717) is 6.04 Å². The molecule has 1 unspecified atom stereocenters. The lowest BCUT2D eigenvalue weighted by Gasteiger charge is -2.28. The Kier molecular flexibility index (Phi) is 9.22. The molecule has 3 N–H and O–H groups in total. The van der Waals surface area contributed by atoms with E-state index in [1.54, 1.807) is 12.1 Å². The molecule has 0 spiro atoms. The van der Waals surface area contributed by atoms with Crippen LogP contribution in [0.2, 0.25) is 0 Å². The topological polar surface area (TPSA) is 39.3 Å². The molecule has 0 aromatic heterocycles. The molecule has 5 atom stereocenters. The van der Waals surface area contributed by atoms with Crippen molar-refractivity contribution in [2.24, 2.45) is 0 Å². The van der Waals surface area contributed by atoms with Gasteiger partial charge in [0.15, 0.2) is 23.3 Å². The van der Waals surface area contributed by atoms with Crippen molar-refractivity contribution in [3.05, 3.63) is 142 Å². The highest BCUT2D eigenvalue weighted by Crippen LogP contribution is 2.42. The SMILES string of the molecule is Fc1ccc([C@@H]2C[C@H]2NCc2ccc(CN(Cc3ccc(CN[C@@H]4C[C@H]4c4ccc(F)c(F)c4)cc3)C3CCNC3)cc2)cc1F. The van der Waals surface area contributed by atoms with Gasteiger partial charge in [0.05, 0.1) is 0 Å². The first kappa shape index (κ1) is 31.1. The van der Waals surface area contributed by atoms with Gasteiger partial charge >= 0.3 is 0 Å². The molecule has 4 nitrogen and oxygen atoms in total. The molecule has 0 bridgehead atoms. The number of hydrogen-bond acceptors (Lipinski definition) is 4. The Morgan fingerprint density at radius 2 is 1.04 bits per heavy atom. The van der Waals surface area contributed by atoms with Gasteiger partial charge in [-0.3, -0.25) is 4.90 Å². The minimum atomic E-state index is -0.799. The second-order valence-corrected chi connectivity index (χ2v) is 13.2. The van der Waals surface area contributed by atoms with Crippen molar-refractivity contribution in [3.8, 4) is 0 Å². The minimum absolute atomic E-state index is 0.235. The zero-order chi connectivity index (χ0) is 31.6. The van der Waals surface area contributed by atoms with E-state index in [9.17, 15) is 17.6 Å². The molecule has 2 saturated carbocycles. The smallest absolute Gasteiger partial charge is 0.159 e. The fourth-order valence-electron chi connectivity index (χ4n) is 6.82. The number of nitrogens with zero attached hydrogens (tertiary/aromatic N) is 1. The van der Waals surface area contributed by atoms with Crippen molar-refractivity contribution in [1.29, 1.82) is 0 Å². The molecule has 1 aliphatic heterocycles. The van der Waals surface area contributed by atoms with Crippen LogP contribution in [0.1, 0.15) is 64.5 Å². The number of hydrogen-bond donors (Lipinski definition) is 3. The highest BCUT2D eigenvalue weighted by atomic mass is 19.2. The molecule has 0 radical (unpaired) electrons. The standard InChI is InChI=1S/C38H40F4N4/c39-33-11-9-28(15-35(33)41)31-17-37(31)44-19-24-1-5-26(6-2-24)22-46(30-13-14-43-21-30)23-27-7-3-25(4-8-27)20-45-38-18-32(38)29-10-12-34(40)36(42)16-29/h1-12,15-16,30-32,37-38,43-45H,13-14,17-23H2/t30?,31-,32-,37+,38+/m0/s1. The Balaban J connectivity index is 0.894. The third kappa shape index (κ3) is 7.52. The van der Waals surface area contributed by atoms with Crippen LogP contribution < -0.4 is 16.0 Å². The molecule has 3 aliphatic rings. The molecular weight excluding hydrogens is 588 g/mol. The molecule has 1 heterocycles. The third-order valence-corrected chi connectivity index (χ3v) is 9.83. The van der Waals surface area contributed by atoms with Gasteiger partial charge in [-0.25, -0.2) is 17.6 Å². The molecule has 4 aromatic carbocycles. The van der Waals surface area contributed by atoms with Crippen molar-refractivity contribution < 1.29 is 17.6 Å². The van der Waals surface area contributed by atoms with Crippen LogP contribution in [-0.2, 0) is 26.2 Å². The summed E-state index contributed by atoms with van der Waals surface area (Å²) in [5.41, 5.74) is 6.69. The summed E-state index contributed by atoms with van der Waals surface area (Å²) < 4.78 is 53.8. The number of rotatable bonds is 13. The maximum absolute atomic E-state index is 13.6. The summed E-state index contributed by atoms with van der Waals surface area (Å²) in [5.74, 6) is -2.69. The Morgan fingerprint density at radius 3 is 1.46 bits per heavy atom. The van der Waals surface area contributed by atoms with Crippen LogP contribution in [0.5, 0.6) is 0 Å². The van der Waals surface area contributed by atoms with Crippen molar-refractivity contribution in [2.75, 3.05) is 13.1 Å². The van der Waals surface area contributed by atoms with E-state index < -0.39 is 23.3 Å². The number of nitrogens with one attached hydrogen (secondary N) is 3. The lowest BCUT2D eigenvalue weighted by atomic mass is 10.1. The Bertz CT molecular complexity index is 1520. The fourth-order valence-corrected chi connectivity index (χ4v) is 6.82. The Hall–Kier alpha value is -3.56. The van der Waals surface area contributed by atoms with Gasteiger partial charge in [0, 0.05) is 62.7 Å². The van der Waals surface area contributed by atoms with Crippen LogP contribution in [0.25, 0.3) is 0 Å². The lowest BCUT2D eigenvalue weighted by Crippen LogP contribution is -2.35. The zero-order valence-electron chi connectivity index (χ0n) is 25.8. The van der Waals surface area contributed by atoms with Gasteiger partial charge in [-0.2, -0.15) is 0 Å². The van der Waals surface area contributed by atoms with Crippen LogP contribution in [0.3, 0.4) is 0 Å². The number of benzene rings is 4. The largest absolute Gasteiger partial charge is 0.315 e. The Labute approximate surface area is 268 Å². The summed E-state index contributed by atoms with van der Waals surface area (Å²) in [6, 6.07) is 27.1. The van der Waals surface area contributed by atoms with Crippen LogP contribution in [0, 0.1) is 23.3 Å². The summed E-state index contributed by atoms with van der Waals surface area (Å²) in [6.45, 7) is 5.26. The van der Waals surface area contributed by atoms with Crippen LogP contribution in [0.4, 0.5) is 17.6 Å². The first-order chi connectivity index (χ1) is 22.4. The summed E-state index contributed by atoms with van der Waals surface area (Å²) in [7, 11) is 0. The van der Waals surface area contributed by atoms with E-state index >= 15 is 0 Å². The van der Waals surface area contributed by atoms with Crippen molar-refractivity contribution in [1.82, 2.24) is 20.9 Å². The number of halogens is 4. The second-order valence-electron chi connectivity index (χ2n) is 13.2. The monoisotopic (exact) mass is 628 g/mol. The van der Waals surface area contributed by atoms with E-state index in [1.807, 2.05) is 0 Å².